The molecule has 3 heterocycles. The highest BCUT2D eigenvalue weighted by molar-refractivity contribution is 6.08. The van der Waals surface area contributed by atoms with Gasteiger partial charge < -0.3 is 0 Å². The maximum absolute atomic E-state index is 5.10. The van der Waals surface area contributed by atoms with Crippen molar-refractivity contribution in [3.63, 3.8) is 0 Å². The summed E-state index contributed by atoms with van der Waals surface area (Å²) in [5.41, 5.74) is 13.6. The third-order valence-corrected chi connectivity index (χ3v) is 9.24. The van der Waals surface area contributed by atoms with Crippen molar-refractivity contribution in [2.45, 2.75) is 0 Å². The Hall–Kier alpha value is -6.78. The molecule has 0 unspecified atom stereocenters. The predicted octanol–water partition coefficient (Wildman–Crippen LogP) is 11.6. The van der Waals surface area contributed by atoms with Gasteiger partial charge in [0.15, 0.2) is 5.82 Å². The van der Waals surface area contributed by atoms with E-state index in [2.05, 4.69) is 149 Å². The Labute approximate surface area is 290 Å². The van der Waals surface area contributed by atoms with E-state index < -0.39 is 0 Å². The summed E-state index contributed by atoms with van der Waals surface area (Å²) in [7, 11) is 0. The summed E-state index contributed by atoms with van der Waals surface area (Å²) in [6.45, 7) is 0. The topological polar surface area (TPSA) is 51.6 Å². The summed E-state index contributed by atoms with van der Waals surface area (Å²) < 4.78 is 0. The monoisotopic (exact) mass is 638 g/mol. The summed E-state index contributed by atoms with van der Waals surface area (Å²) in [4.78, 5) is 19.5. The van der Waals surface area contributed by atoms with Gasteiger partial charge in [0, 0.05) is 39.9 Å². The fraction of sp³-hybridized carbons (Fsp3) is 0. The minimum atomic E-state index is 0.702. The molecule has 0 saturated heterocycles. The summed E-state index contributed by atoms with van der Waals surface area (Å²) in [6.07, 6.45) is 3.70. The molecule has 0 atom stereocenters. The molecule has 4 nitrogen and oxygen atoms in total. The number of hydrogen-bond acceptors (Lipinski definition) is 4. The van der Waals surface area contributed by atoms with Gasteiger partial charge in [0.1, 0.15) is 0 Å². The van der Waals surface area contributed by atoms with Crippen LogP contribution >= 0.6 is 0 Å². The number of benzene rings is 6. The summed E-state index contributed by atoms with van der Waals surface area (Å²) in [5, 5.41) is 2.19. The largest absolute Gasteiger partial charge is 0.254 e. The highest BCUT2D eigenvalue weighted by Gasteiger charge is 2.15. The van der Waals surface area contributed by atoms with E-state index in [1.807, 2.05) is 42.7 Å². The van der Waals surface area contributed by atoms with Gasteiger partial charge in [-0.05, 0) is 51.6 Å². The lowest BCUT2D eigenvalue weighted by Gasteiger charge is -2.13. The van der Waals surface area contributed by atoms with E-state index in [0.29, 0.717) is 5.82 Å². The fourth-order valence-electron chi connectivity index (χ4n) is 6.71. The molecule has 0 aliphatic heterocycles. The van der Waals surface area contributed by atoms with Crippen LogP contribution in [0.3, 0.4) is 0 Å². The van der Waals surface area contributed by atoms with Crippen LogP contribution in [-0.2, 0) is 0 Å². The molecule has 0 N–H and O–H groups in total. The lowest BCUT2D eigenvalue weighted by atomic mass is 9.96. The zero-order valence-corrected chi connectivity index (χ0v) is 27.1. The zero-order chi connectivity index (χ0) is 33.3. The van der Waals surface area contributed by atoms with Gasteiger partial charge in [0.05, 0.1) is 22.4 Å². The van der Waals surface area contributed by atoms with Crippen molar-refractivity contribution in [1.29, 1.82) is 0 Å². The highest BCUT2D eigenvalue weighted by Crippen LogP contribution is 2.36. The number of pyridine rings is 2. The average Bonchev–Trinajstić information content (AvgIpc) is 3.21. The molecule has 0 spiro atoms. The van der Waals surface area contributed by atoms with Gasteiger partial charge in [-0.2, -0.15) is 0 Å². The first kappa shape index (κ1) is 29.4. The molecule has 0 aliphatic carbocycles. The van der Waals surface area contributed by atoms with Crippen LogP contribution in [0.4, 0.5) is 0 Å². The SMILES string of the molecule is c1ccc(-c2nc(-c3ccc(-c4ccc(-c5ccnc6c5ccc5cccnc56)cc4)cc3)cc(-c3ccccc3-c3ccccc3)n2)cc1. The minimum absolute atomic E-state index is 0.702. The molecular weight excluding hydrogens is 609 g/mol. The van der Waals surface area contributed by atoms with E-state index in [1.54, 1.807) is 0 Å². The molecule has 9 aromatic rings. The van der Waals surface area contributed by atoms with Gasteiger partial charge in [0.25, 0.3) is 0 Å². The lowest BCUT2D eigenvalue weighted by molar-refractivity contribution is 1.18. The van der Waals surface area contributed by atoms with Gasteiger partial charge in [-0.1, -0.05) is 152 Å². The van der Waals surface area contributed by atoms with Crippen LogP contribution in [0.15, 0.2) is 182 Å². The smallest absolute Gasteiger partial charge is 0.160 e. The molecule has 0 fully saturated rings. The summed E-state index contributed by atoms with van der Waals surface area (Å²) in [6, 6.07) is 59.0. The fourth-order valence-corrected chi connectivity index (χ4v) is 6.71. The number of fused-ring (bicyclic) bond motifs is 3. The molecule has 4 heteroatoms. The van der Waals surface area contributed by atoms with Crippen LogP contribution in [0.25, 0.3) is 89.1 Å². The molecule has 0 aliphatic rings. The average molecular weight is 639 g/mol. The van der Waals surface area contributed by atoms with Crippen molar-refractivity contribution in [2.75, 3.05) is 0 Å². The van der Waals surface area contributed by atoms with Gasteiger partial charge in [-0.25, -0.2) is 9.97 Å². The number of nitrogens with zero attached hydrogens (tertiary/aromatic N) is 4. The molecule has 0 radical (unpaired) electrons. The van der Waals surface area contributed by atoms with Gasteiger partial charge in [0.2, 0.25) is 0 Å². The molecule has 3 aromatic heterocycles. The highest BCUT2D eigenvalue weighted by atomic mass is 14.9. The van der Waals surface area contributed by atoms with E-state index >= 15 is 0 Å². The van der Waals surface area contributed by atoms with Crippen LogP contribution in [0, 0.1) is 0 Å². The third kappa shape index (κ3) is 5.49. The molecule has 0 amide bonds. The third-order valence-electron chi connectivity index (χ3n) is 9.24. The van der Waals surface area contributed by atoms with Gasteiger partial charge in [-0.15, -0.1) is 0 Å². The molecule has 0 bridgehead atoms. The van der Waals surface area contributed by atoms with E-state index in [0.717, 1.165) is 83.3 Å². The second kappa shape index (κ2) is 12.7. The Kier molecular flexibility index (Phi) is 7.45. The van der Waals surface area contributed by atoms with Crippen molar-refractivity contribution in [2.24, 2.45) is 0 Å². The predicted molar refractivity (Wildman–Crippen MR) is 205 cm³/mol. The standard InChI is InChI=1S/C46H30N4/c1-3-10-33(11-4-1)38-15-7-8-16-40(38)43-30-42(49-46(50-43)37-12-5-2-6-13-37)35-23-19-32(20-24-35)31-17-21-34(22-18-31)39-27-29-48-45-41(39)26-25-36-14-9-28-47-44(36)45/h1-30H. The van der Waals surface area contributed by atoms with Crippen molar-refractivity contribution in [3.05, 3.63) is 182 Å². The molecular formula is C46H30N4. The Bertz CT molecular complexity index is 2620. The van der Waals surface area contributed by atoms with Gasteiger partial charge >= 0.3 is 0 Å². The Morgan fingerprint density at radius 3 is 1.64 bits per heavy atom. The maximum atomic E-state index is 5.10. The first-order valence-electron chi connectivity index (χ1n) is 16.7. The summed E-state index contributed by atoms with van der Waals surface area (Å²) >= 11 is 0. The van der Waals surface area contributed by atoms with Crippen molar-refractivity contribution >= 4 is 21.8 Å². The number of aromatic nitrogens is 4. The van der Waals surface area contributed by atoms with Crippen LogP contribution in [0.1, 0.15) is 0 Å². The van der Waals surface area contributed by atoms with E-state index in [9.17, 15) is 0 Å². The molecule has 50 heavy (non-hydrogen) atoms. The molecule has 6 aromatic carbocycles. The lowest BCUT2D eigenvalue weighted by Crippen LogP contribution is -1.97. The van der Waals surface area contributed by atoms with Crippen LogP contribution < -0.4 is 0 Å². The molecule has 9 rings (SSSR count). The van der Waals surface area contributed by atoms with Crippen molar-refractivity contribution in [3.8, 4) is 67.3 Å². The second-order valence-corrected chi connectivity index (χ2v) is 12.3. The first-order chi connectivity index (χ1) is 24.8. The van der Waals surface area contributed by atoms with E-state index in [4.69, 9.17) is 9.97 Å². The quantitative estimate of drug-likeness (QED) is 0.170. The molecule has 234 valence electrons. The number of hydrogen-bond donors (Lipinski definition) is 0. The van der Waals surface area contributed by atoms with Crippen LogP contribution in [-0.4, -0.2) is 19.9 Å². The second-order valence-electron chi connectivity index (χ2n) is 12.3. The summed E-state index contributed by atoms with van der Waals surface area (Å²) in [5.74, 6) is 0.702. The maximum Gasteiger partial charge on any atom is 0.160 e. The van der Waals surface area contributed by atoms with Gasteiger partial charge in [-0.3, -0.25) is 9.97 Å². The number of rotatable bonds is 6. The Morgan fingerprint density at radius 2 is 0.900 bits per heavy atom. The van der Waals surface area contributed by atoms with Crippen molar-refractivity contribution in [1.82, 2.24) is 19.9 Å². The molecule has 0 saturated carbocycles. The first-order valence-corrected chi connectivity index (χ1v) is 16.7. The Balaban J connectivity index is 1.07. The van der Waals surface area contributed by atoms with Crippen molar-refractivity contribution < 1.29 is 0 Å². The van der Waals surface area contributed by atoms with E-state index in [-0.39, 0.29) is 0 Å². The normalized spacial score (nSPS) is 11.2. The van der Waals surface area contributed by atoms with E-state index in [1.165, 1.54) is 0 Å². The van der Waals surface area contributed by atoms with Crippen LogP contribution in [0.2, 0.25) is 0 Å². The minimum Gasteiger partial charge on any atom is -0.254 e. The zero-order valence-electron chi connectivity index (χ0n) is 27.1. The Morgan fingerprint density at radius 1 is 0.320 bits per heavy atom. The van der Waals surface area contributed by atoms with Crippen LogP contribution in [0.5, 0.6) is 0 Å².